The van der Waals surface area contributed by atoms with Gasteiger partial charge < -0.3 is 5.32 Å². The number of hydrogen-bond donors (Lipinski definition) is 1. The van der Waals surface area contributed by atoms with E-state index in [2.05, 4.69) is 30.6 Å². The van der Waals surface area contributed by atoms with Crippen LogP contribution in [-0.2, 0) is 13.2 Å². The summed E-state index contributed by atoms with van der Waals surface area (Å²) in [7, 11) is 1.77. The molecular weight excluding hydrogens is 349 g/mol. The number of pyridine rings is 1. The molecule has 8 nitrogen and oxygen atoms in total. The summed E-state index contributed by atoms with van der Waals surface area (Å²) in [6.07, 6.45) is -0.125. The van der Waals surface area contributed by atoms with Crippen LogP contribution in [0, 0.1) is 0 Å². The zero-order valence-corrected chi connectivity index (χ0v) is 13.3. The van der Waals surface area contributed by atoms with Crippen LogP contribution in [0.1, 0.15) is 5.82 Å². The second-order valence-corrected chi connectivity index (χ2v) is 5.40. The lowest BCUT2D eigenvalue weighted by Crippen LogP contribution is -2.10. The van der Waals surface area contributed by atoms with Crippen molar-refractivity contribution in [3.63, 3.8) is 0 Å². The lowest BCUT2D eigenvalue weighted by Gasteiger charge is -2.07. The molecule has 0 saturated heterocycles. The molecule has 4 heterocycles. The average molecular weight is 360 g/mol. The Labute approximate surface area is 144 Å². The molecule has 4 aromatic heterocycles. The fraction of sp³-hybridized carbons (Fsp3) is 0.133. The average Bonchev–Trinajstić information content (AvgIpc) is 3.21. The van der Waals surface area contributed by atoms with Gasteiger partial charge in [0.25, 0.3) is 0 Å². The Morgan fingerprint density at radius 2 is 1.92 bits per heavy atom. The van der Waals surface area contributed by atoms with Gasteiger partial charge in [-0.1, -0.05) is 0 Å². The van der Waals surface area contributed by atoms with Gasteiger partial charge in [-0.05, 0) is 18.2 Å². The van der Waals surface area contributed by atoms with Gasteiger partial charge in [0.15, 0.2) is 5.65 Å². The Bertz CT molecular complexity index is 1080. The molecular formula is C15H11F3N8. The van der Waals surface area contributed by atoms with Crippen molar-refractivity contribution >= 4 is 17.4 Å². The van der Waals surface area contributed by atoms with Gasteiger partial charge in [0, 0.05) is 31.1 Å². The normalized spacial score (nSPS) is 11.8. The van der Waals surface area contributed by atoms with E-state index >= 15 is 0 Å². The lowest BCUT2D eigenvalue weighted by molar-refractivity contribution is -0.145. The fourth-order valence-electron chi connectivity index (χ4n) is 2.43. The standard InChI is InChI=1S/C15H11F3N8/c1-25-11(3-6-20-25)22-14-19-5-2-10(21-14)9-4-7-26-12(8-9)23-24-13(26)15(16,17)18/h2-8H,1H3,(H,19,21,22). The van der Waals surface area contributed by atoms with E-state index in [4.69, 9.17) is 0 Å². The van der Waals surface area contributed by atoms with Crippen molar-refractivity contribution in [2.24, 2.45) is 7.05 Å². The number of nitrogens with one attached hydrogen (secondary N) is 1. The fourth-order valence-corrected chi connectivity index (χ4v) is 2.43. The molecule has 0 amide bonds. The van der Waals surface area contributed by atoms with Crippen molar-refractivity contribution in [3.8, 4) is 11.3 Å². The summed E-state index contributed by atoms with van der Waals surface area (Å²) in [5.74, 6) is -0.0337. The molecule has 0 bridgehead atoms. The molecule has 4 rings (SSSR count). The highest BCUT2D eigenvalue weighted by molar-refractivity contribution is 5.65. The molecule has 0 aliphatic heterocycles. The van der Waals surface area contributed by atoms with Crippen molar-refractivity contribution in [2.45, 2.75) is 6.18 Å². The van der Waals surface area contributed by atoms with Crippen LogP contribution in [0.5, 0.6) is 0 Å². The minimum atomic E-state index is -4.57. The maximum absolute atomic E-state index is 12.9. The molecule has 0 aromatic carbocycles. The van der Waals surface area contributed by atoms with Crippen LogP contribution in [0.4, 0.5) is 24.9 Å². The summed E-state index contributed by atoms with van der Waals surface area (Å²) in [4.78, 5) is 8.51. The van der Waals surface area contributed by atoms with E-state index < -0.39 is 12.0 Å². The molecule has 0 atom stereocenters. The van der Waals surface area contributed by atoms with Crippen LogP contribution < -0.4 is 5.32 Å². The molecule has 0 aliphatic carbocycles. The maximum Gasteiger partial charge on any atom is 0.452 e. The van der Waals surface area contributed by atoms with E-state index in [1.165, 1.54) is 18.3 Å². The van der Waals surface area contributed by atoms with Gasteiger partial charge in [0.1, 0.15) is 5.82 Å². The van der Waals surface area contributed by atoms with Crippen LogP contribution in [0.25, 0.3) is 16.9 Å². The molecule has 0 aliphatic rings. The third-order valence-electron chi connectivity index (χ3n) is 3.68. The van der Waals surface area contributed by atoms with Gasteiger partial charge in [0.05, 0.1) is 11.9 Å². The van der Waals surface area contributed by atoms with E-state index in [1.54, 1.807) is 36.3 Å². The van der Waals surface area contributed by atoms with Gasteiger partial charge in [-0.2, -0.15) is 18.3 Å². The van der Waals surface area contributed by atoms with Crippen molar-refractivity contribution in [1.82, 2.24) is 34.3 Å². The molecule has 0 spiro atoms. The van der Waals surface area contributed by atoms with Crippen LogP contribution in [-0.4, -0.2) is 34.3 Å². The van der Waals surface area contributed by atoms with Crippen LogP contribution in [0.2, 0.25) is 0 Å². The Morgan fingerprint density at radius 3 is 2.65 bits per heavy atom. The Balaban J connectivity index is 1.69. The molecule has 132 valence electrons. The SMILES string of the molecule is Cn1nccc1Nc1nccc(-c2ccn3c(C(F)(F)F)nnc3c2)n1. The van der Waals surface area contributed by atoms with Crippen LogP contribution in [0.15, 0.2) is 42.9 Å². The highest BCUT2D eigenvalue weighted by Crippen LogP contribution is 2.29. The van der Waals surface area contributed by atoms with Gasteiger partial charge in [-0.15, -0.1) is 10.2 Å². The molecule has 0 fully saturated rings. The minimum Gasteiger partial charge on any atom is -0.309 e. The Kier molecular flexibility index (Phi) is 3.56. The van der Waals surface area contributed by atoms with Crippen molar-refractivity contribution < 1.29 is 13.2 Å². The van der Waals surface area contributed by atoms with E-state index in [9.17, 15) is 13.2 Å². The molecule has 26 heavy (non-hydrogen) atoms. The third kappa shape index (κ3) is 2.83. The maximum atomic E-state index is 12.9. The third-order valence-corrected chi connectivity index (χ3v) is 3.68. The summed E-state index contributed by atoms with van der Waals surface area (Å²) in [6, 6.07) is 6.42. The number of fused-ring (bicyclic) bond motifs is 1. The largest absolute Gasteiger partial charge is 0.452 e. The summed E-state index contributed by atoms with van der Waals surface area (Å²) >= 11 is 0. The summed E-state index contributed by atoms with van der Waals surface area (Å²) in [6.45, 7) is 0. The first-order valence-corrected chi connectivity index (χ1v) is 7.42. The number of rotatable bonds is 3. The monoisotopic (exact) mass is 360 g/mol. The van der Waals surface area contributed by atoms with Gasteiger partial charge in [-0.3, -0.25) is 9.08 Å². The number of alkyl halides is 3. The molecule has 11 heteroatoms. The molecule has 4 aromatic rings. The summed E-state index contributed by atoms with van der Waals surface area (Å²) in [5, 5.41) is 13.9. The molecule has 0 saturated carbocycles. The zero-order chi connectivity index (χ0) is 18.3. The van der Waals surface area contributed by atoms with Gasteiger partial charge in [0.2, 0.25) is 11.8 Å². The van der Waals surface area contributed by atoms with Gasteiger partial charge in [-0.25, -0.2) is 9.97 Å². The number of hydrogen-bond acceptors (Lipinski definition) is 6. The second kappa shape index (κ2) is 5.79. The first-order chi connectivity index (χ1) is 12.4. The number of nitrogens with zero attached hydrogens (tertiary/aromatic N) is 7. The van der Waals surface area contributed by atoms with E-state index in [0.29, 0.717) is 23.0 Å². The Morgan fingerprint density at radius 1 is 1.08 bits per heavy atom. The molecule has 0 radical (unpaired) electrons. The van der Waals surface area contributed by atoms with Crippen LogP contribution in [0.3, 0.4) is 0 Å². The zero-order valence-electron chi connectivity index (χ0n) is 13.3. The van der Waals surface area contributed by atoms with Gasteiger partial charge >= 0.3 is 6.18 Å². The summed E-state index contributed by atoms with van der Waals surface area (Å²) in [5.41, 5.74) is 1.20. The van der Waals surface area contributed by atoms with Crippen LogP contribution >= 0.6 is 0 Å². The number of anilines is 2. The predicted octanol–water partition coefficient (Wildman–Crippen LogP) is 2.68. The summed E-state index contributed by atoms with van der Waals surface area (Å²) < 4.78 is 41.2. The first kappa shape index (κ1) is 16.0. The smallest absolute Gasteiger partial charge is 0.309 e. The highest BCUT2D eigenvalue weighted by Gasteiger charge is 2.36. The van der Waals surface area contributed by atoms with Crippen molar-refractivity contribution in [2.75, 3.05) is 5.32 Å². The number of aryl methyl sites for hydroxylation is 1. The first-order valence-electron chi connectivity index (χ1n) is 7.42. The number of aromatic nitrogens is 7. The van der Waals surface area contributed by atoms with E-state index in [-0.39, 0.29) is 5.65 Å². The van der Waals surface area contributed by atoms with Crippen molar-refractivity contribution in [1.29, 1.82) is 0 Å². The van der Waals surface area contributed by atoms with Crippen molar-refractivity contribution in [3.05, 3.63) is 48.7 Å². The Hall–Kier alpha value is -3.50. The highest BCUT2D eigenvalue weighted by atomic mass is 19.4. The topological polar surface area (TPSA) is 85.8 Å². The number of halogens is 3. The predicted molar refractivity (Wildman–Crippen MR) is 85.5 cm³/mol. The van der Waals surface area contributed by atoms with E-state index in [1.807, 2.05) is 0 Å². The van der Waals surface area contributed by atoms with E-state index in [0.717, 1.165) is 4.40 Å². The second-order valence-electron chi connectivity index (χ2n) is 5.40. The quantitative estimate of drug-likeness (QED) is 0.605. The molecule has 0 unspecified atom stereocenters. The minimum absolute atomic E-state index is 0.0783. The lowest BCUT2D eigenvalue weighted by atomic mass is 10.2. The molecule has 1 N–H and O–H groups in total.